The van der Waals surface area contributed by atoms with Gasteiger partial charge in [0.25, 0.3) is 0 Å². The lowest BCUT2D eigenvalue weighted by molar-refractivity contribution is -0.136. The molecule has 0 radical (unpaired) electrons. The third-order valence-electron chi connectivity index (χ3n) is 8.93. The summed E-state index contributed by atoms with van der Waals surface area (Å²) in [6, 6.07) is 9.80. The Kier molecular flexibility index (Phi) is 11.9. The maximum absolute atomic E-state index is 13.3. The molecular formula is C32H32F3N5O17P2. The number of benzene rings is 2. The van der Waals surface area contributed by atoms with Gasteiger partial charge in [0, 0.05) is 17.5 Å². The Balaban J connectivity index is 0.878. The van der Waals surface area contributed by atoms with Crippen LogP contribution >= 0.6 is 15.6 Å². The molecule has 0 amide bonds. The quantitative estimate of drug-likeness (QED) is 0.0614. The summed E-state index contributed by atoms with van der Waals surface area (Å²) in [5.41, 5.74) is 3.98. The highest BCUT2D eigenvalue weighted by Crippen LogP contribution is 2.60. The molecule has 8 N–H and O–H groups in total. The second kappa shape index (κ2) is 16.5. The lowest BCUT2D eigenvalue weighted by atomic mass is 10.1. The number of phosphoric acid groups is 2. The van der Waals surface area contributed by atoms with Gasteiger partial charge in [0.15, 0.2) is 17.7 Å². The number of ether oxygens (including phenoxy) is 4. The van der Waals surface area contributed by atoms with Crippen molar-refractivity contribution in [1.29, 1.82) is 0 Å². The molecule has 5 heterocycles. The van der Waals surface area contributed by atoms with Crippen LogP contribution in [0.3, 0.4) is 0 Å². The van der Waals surface area contributed by atoms with E-state index in [1.807, 2.05) is 0 Å². The zero-order valence-corrected chi connectivity index (χ0v) is 31.4. The Labute approximate surface area is 327 Å². The number of hydrogen-bond donors (Lipinski definition) is 7. The molecule has 10 atom stereocenters. The van der Waals surface area contributed by atoms with Crippen molar-refractivity contribution in [3.63, 3.8) is 0 Å². The molecule has 0 aliphatic carbocycles. The van der Waals surface area contributed by atoms with Gasteiger partial charge in [-0.1, -0.05) is 12.1 Å². The van der Waals surface area contributed by atoms with E-state index in [-0.39, 0.29) is 46.1 Å². The average Bonchev–Trinajstić information content (AvgIpc) is 3.81. The first-order chi connectivity index (χ1) is 27.8. The number of aliphatic hydroxyl groups is 4. The Morgan fingerprint density at radius 2 is 1.47 bits per heavy atom. The van der Waals surface area contributed by atoms with Crippen LogP contribution in [0.25, 0.3) is 22.1 Å². The molecule has 22 nitrogen and oxygen atoms in total. The van der Waals surface area contributed by atoms with Crippen molar-refractivity contribution in [1.82, 2.24) is 19.5 Å². The number of aromatic nitrogens is 4. The van der Waals surface area contributed by atoms with Gasteiger partial charge in [0.05, 0.1) is 25.1 Å². The van der Waals surface area contributed by atoms with Crippen LogP contribution in [0.15, 0.2) is 70.4 Å². The van der Waals surface area contributed by atoms with Crippen LogP contribution in [-0.4, -0.2) is 106 Å². The maximum atomic E-state index is 13.3. The Morgan fingerprint density at radius 1 is 0.831 bits per heavy atom. The van der Waals surface area contributed by atoms with Gasteiger partial charge in [-0.05, 0) is 29.8 Å². The Morgan fingerprint density at radius 3 is 2.15 bits per heavy atom. The summed E-state index contributed by atoms with van der Waals surface area (Å²) >= 11 is 0. The highest BCUT2D eigenvalue weighted by molar-refractivity contribution is 7.61. The van der Waals surface area contributed by atoms with Crippen LogP contribution in [-0.2, 0) is 44.7 Å². The van der Waals surface area contributed by atoms with Gasteiger partial charge in [-0.2, -0.15) is 17.5 Å². The normalized spacial score (nSPS) is 26.9. The van der Waals surface area contributed by atoms with E-state index in [0.29, 0.717) is 11.6 Å². The number of alkyl halides is 3. The van der Waals surface area contributed by atoms with Crippen molar-refractivity contribution in [3.8, 4) is 11.5 Å². The minimum absolute atomic E-state index is 0.0297. The second-order valence-corrected chi connectivity index (χ2v) is 16.0. The second-order valence-electron chi connectivity index (χ2n) is 12.9. The Hall–Kier alpha value is -4.59. The highest BCUT2D eigenvalue weighted by Gasteiger charge is 2.48. The predicted octanol–water partition coefficient (Wildman–Crippen LogP) is 1.51. The van der Waals surface area contributed by atoms with Gasteiger partial charge in [-0.25, -0.2) is 28.9 Å². The molecule has 318 valence electrons. The number of fused-ring (bicyclic) bond motifs is 2. The Bertz CT molecular complexity index is 2480. The molecule has 2 saturated heterocycles. The molecule has 2 fully saturated rings. The smallest absolute Gasteiger partial charge is 0.481 e. The van der Waals surface area contributed by atoms with E-state index in [0.717, 1.165) is 18.5 Å². The van der Waals surface area contributed by atoms with Gasteiger partial charge < -0.3 is 59.3 Å². The van der Waals surface area contributed by atoms with Crippen molar-refractivity contribution in [2.75, 3.05) is 18.9 Å². The summed E-state index contributed by atoms with van der Waals surface area (Å²) in [5, 5.41) is 41.7. The SMILES string of the molecule is Nc1ncnc2c1ncn2C1OC(COP(=O)(O)OP(=O)(O)OC[C@H]2OC(Oc3ccc(COc4ccc5c(C(F)(F)F)cc(=O)oc5c4)cc3)C(O)C2O)[C@@H](O)[C@H]1O. The molecule has 0 spiro atoms. The molecule has 2 aliphatic heterocycles. The number of imidazole rings is 1. The van der Waals surface area contributed by atoms with Crippen molar-refractivity contribution < 1.29 is 89.2 Å². The zero-order valence-electron chi connectivity index (χ0n) is 29.6. The number of nitrogens with two attached hydrogens (primary N) is 1. The number of nitrogen functional groups attached to an aromatic ring is 1. The highest BCUT2D eigenvalue weighted by atomic mass is 31.3. The van der Waals surface area contributed by atoms with E-state index >= 15 is 0 Å². The van der Waals surface area contributed by atoms with Crippen LogP contribution in [0.4, 0.5) is 19.0 Å². The molecule has 0 bridgehead atoms. The number of anilines is 1. The number of halogens is 3. The number of phosphoric ester groups is 2. The van der Waals surface area contributed by atoms with E-state index in [1.165, 1.54) is 41.2 Å². The number of aliphatic hydroxyl groups excluding tert-OH is 4. The maximum Gasteiger partial charge on any atom is 0.481 e. The molecule has 7 rings (SSSR count). The zero-order chi connectivity index (χ0) is 42.4. The van der Waals surface area contributed by atoms with E-state index in [1.54, 1.807) is 0 Å². The van der Waals surface area contributed by atoms with Gasteiger partial charge in [-0.3, -0.25) is 13.6 Å². The molecule has 2 aromatic carbocycles. The van der Waals surface area contributed by atoms with Crippen molar-refractivity contribution >= 4 is 43.6 Å². The van der Waals surface area contributed by atoms with E-state index < -0.39 is 95.4 Å². The fourth-order valence-corrected chi connectivity index (χ4v) is 8.14. The molecule has 5 aromatic rings. The van der Waals surface area contributed by atoms with Gasteiger partial charge in [0.2, 0.25) is 6.29 Å². The molecule has 0 saturated carbocycles. The summed E-state index contributed by atoms with van der Waals surface area (Å²) in [6.07, 6.45) is -15.1. The topological polar surface area (TPSA) is 320 Å². The first kappa shape index (κ1) is 42.5. The molecule has 7 unspecified atom stereocenters. The molecule has 3 aromatic heterocycles. The first-order valence-electron chi connectivity index (χ1n) is 16.9. The number of hydrogen-bond acceptors (Lipinski definition) is 19. The van der Waals surface area contributed by atoms with E-state index in [9.17, 15) is 57.3 Å². The van der Waals surface area contributed by atoms with Crippen molar-refractivity contribution in [3.05, 3.63) is 82.7 Å². The molecular weight excluding hydrogens is 845 g/mol. The fourth-order valence-electron chi connectivity index (χ4n) is 6.05. The third kappa shape index (κ3) is 9.42. The first-order valence-corrected chi connectivity index (χ1v) is 19.9. The van der Waals surface area contributed by atoms with Crippen molar-refractivity contribution in [2.24, 2.45) is 0 Å². The van der Waals surface area contributed by atoms with E-state index in [4.69, 9.17) is 38.1 Å². The summed E-state index contributed by atoms with van der Waals surface area (Å²) in [5.74, 6) is 0.247. The van der Waals surface area contributed by atoms with Crippen LogP contribution in [0, 0.1) is 0 Å². The lowest BCUT2D eigenvalue weighted by Gasteiger charge is -2.20. The minimum atomic E-state index is -5.45. The molecule has 2 aliphatic rings. The summed E-state index contributed by atoms with van der Waals surface area (Å²) in [7, 11) is -10.9. The van der Waals surface area contributed by atoms with Gasteiger partial charge in [0.1, 0.15) is 72.2 Å². The third-order valence-corrected chi connectivity index (χ3v) is 11.5. The summed E-state index contributed by atoms with van der Waals surface area (Å²) in [4.78, 5) is 43.8. The molecule has 59 heavy (non-hydrogen) atoms. The van der Waals surface area contributed by atoms with E-state index in [2.05, 4.69) is 19.3 Å². The lowest BCUT2D eigenvalue weighted by Crippen LogP contribution is -2.35. The average molecular weight is 878 g/mol. The standard InChI is InChI=1S/C32H32F3N5O17P2/c33-32(34,35)18-8-22(41)54-19-7-16(5-6-17(18)19)50-9-14-1-3-15(4-2-14)53-31-27(45)25(43)21(56-31)11-52-59(48,49)57-58(46,47)51-10-20-24(42)26(44)30(55-20)40-13-39-23-28(36)37-12-38-29(23)40/h1-8,12-13,20-21,24-27,30-31,42-45H,9-11H2,(H,46,47)(H,48,49)(H2,36,37,38)/t20?,21-,24-,25?,26-,27?,30?,31?/m1/s1. The van der Waals surface area contributed by atoms with Crippen LogP contribution in [0.1, 0.15) is 17.4 Å². The summed E-state index contributed by atoms with van der Waals surface area (Å²) in [6.45, 7) is -1.99. The van der Waals surface area contributed by atoms with Gasteiger partial charge in [-0.15, -0.1) is 0 Å². The van der Waals surface area contributed by atoms with Crippen molar-refractivity contribution in [2.45, 2.75) is 61.9 Å². The minimum Gasteiger partial charge on any atom is -0.489 e. The van der Waals surface area contributed by atoms with Crippen LogP contribution in [0.2, 0.25) is 0 Å². The monoisotopic (exact) mass is 877 g/mol. The van der Waals surface area contributed by atoms with Gasteiger partial charge >= 0.3 is 27.4 Å². The number of rotatable bonds is 14. The summed E-state index contributed by atoms with van der Waals surface area (Å²) < 4.78 is 107. The fraction of sp³-hybridized carbons (Fsp3) is 0.375. The predicted molar refractivity (Wildman–Crippen MR) is 188 cm³/mol. The number of nitrogens with zero attached hydrogens (tertiary/aromatic N) is 4. The van der Waals surface area contributed by atoms with Crippen LogP contribution in [0.5, 0.6) is 11.5 Å². The van der Waals surface area contributed by atoms with Crippen LogP contribution < -0.4 is 20.8 Å². The largest absolute Gasteiger partial charge is 0.489 e. The molecule has 27 heteroatoms.